The molecular weight excluding hydrogens is 257 g/mol. The van der Waals surface area contributed by atoms with E-state index < -0.39 is 12.0 Å². The van der Waals surface area contributed by atoms with E-state index in [-0.39, 0.29) is 5.75 Å². The summed E-state index contributed by atoms with van der Waals surface area (Å²) in [6.07, 6.45) is -3.63. The summed E-state index contributed by atoms with van der Waals surface area (Å²) in [6.45, 7) is 3.38. The molecule has 19 heavy (non-hydrogen) atoms. The highest BCUT2D eigenvalue weighted by molar-refractivity contribution is 5.38. The maximum Gasteiger partial charge on any atom is 0.573 e. The summed E-state index contributed by atoms with van der Waals surface area (Å²) in [7, 11) is 0. The molecule has 0 radical (unpaired) electrons. The number of aliphatic hydroxyl groups is 1. The van der Waals surface area contributed by atoms with Crippen molar-refractivity contribution in [3.63, 3.8) is 0 Å². The van der Waals surface area contributed by atoms with Gasteiger partial charge >= 0.3 is 6.36 Å². The van der Waals surface area contributed by atoms with Gasteiger partial charge in [0, 0.05) is 12.0 Å². The van der Waals surface area contributed by atoms with Crippen LogP contribution in [0.2, 0.25) is 0 Å². The Morgan fingerprint density at radius 2 is 1.74 bits per heavy atom. The minimum absolute atomic E-state index is 0.269. The van der Waals surface area contributed by atoms with Crippen molar-refractivity contribution in [2.24, 2.45) is 0 Å². The van der Waals surface area contributed by atoms with Crippen molar-refractivity contribution in [2.45, 2.75) is 38.7 Å². The number of halogens is 3. The first kappa shape index (κ1) is 15.4. The molecule has 0 saturated carbocycles. The molecule has 0 aliphatic rings. The first-order chi connectivity index (χ1) is 8.66. The van der Waals surface area contributed by atoms with Crippen molar-refractivity contribution in [2.75, 3.05) is 0 Å². The van der Waals surface area contributed by atoms with Gasteiger partial charge in [-0.25, -0.2) is 0 Å². The highest BCUT2D eigenvalue weighted by Crippen LogP contribution is 2.22. The van der Waals surface area contributed by atoms with Crippen molar-refractivity contribution >= 4 is 0 Å². The lowest BCUT2D eigenvalue weighted by Crippen LogP contribution is -2.17. The fourth-order valence-corrected chi connectivity index (χ4v) is 1.27. The van der Waals surface area contributed by atoms with Crippen LogP contribution in [-0.2, 0) is 0 Å². The molecule has 0 unspecified atom stereocenters. The van der Waals surface area contributed by atoms with E-state index in [1.807, 2.05) is 0 Å². The molecular formula is C14H15F3O2. The Morgan fingerprint density at radius 1 is 1.16 bits per heavy atom. The van der Waals surface area contributed by atoms with E-state index in [1.165, 1.54) is 24.3 Å². The molecule has 0 bridgehead atoms. The van der Waals surface area contributed by atoms with Crippen molar-refractivity contribution < 1.29 is 23.0 Å². The second kappa shape index (κ2) is 5.98. The van der Waals surface area contributed by atoms with E-state index in [2.05, 4.69) is 16.6 Å². The topological polar surface area (TPSA) is 29.5 Å². The Morgan fingerprint density at radius 3 is 2.21 bits per heavy atom. The van der Waals surface area contributed by atoms with Crippen LogP contribution < -0.4 is 4.74 Å². The molecule has 5 heteroatoms. The first-order valence-corrected chi connectivity index (χ1v) is 5.73. The van der Waals surface area contributed by atoms with Gasteiger partial charge in [0.2, 0.25) is 0 Å². The summed E-state index contributed by atoms with van der Waals surface area (Å²) < 4.78 is 39.5. The summed E-state index contributed by atoms with van der Waals surface area (Å²) >= 11 is 0. The summed E-state index contributed by atoms with van der Waals surface area (Å²) in [5, 5.41) is 9.47. The molecule has 0 aliphatic carbocycles. The molecule has 1 rings (SSSR count). The summed E-state index contributed by atoms with van der Waals surface area (Å²) in [6, 6.07) is 5.34. The third-order valence-electron chi connectivity index (χ3n) is 2.18. The Kier molecular flexibility index (Phi) is 4.84. The Labute approximate surface area is 110 Å². The van der Waals surface area contributed by atoms with Gasteiger partial charge in [0.05, 0.1) is 5.60 Å². The van der Waals surface area contributed by atoms with Crippen LogP contribution in [0.4, 0.5) is 13.2 Å². The Hall–Kier alpha value is -1.67. The number of rotatable bonds is 3. The van der Waals surface area contributed by atoms with Crippen LogP contribution in [0.3, 0.4) is 0 Å². The summed E-state index contributed by atoms with van der Waals surface area (Å²) in [4.78, 5) is 0. The van der Waals surface area contributed by atoms with Crippen molar-refractivity contribution in [3.8, 4) is 17.6 Å². The van der Waals surface area contributed by atoms with E-state index in [0.717, 1.165) is 0 Å². The van der Waals surface area contributed by atoms with Gasteiger partial charge in [-0.3, -0.25) is 0 Å². The zero-order valence-corrected chi connectivity index (χ0v) is 10.7. The molecule has 1 N–H and O–H groups in total. The molecule has 0 heterocycles. The van der Waals surface area contributed by atoms with Crippen LogP contribution in [-0.4, -0.2) is 17.1 Å². The predicted octanol–water partition coefficient (Wildman–Crippen LogP) is 3.49. The monoisotopic (exact) mass is 272 g/mol. The lowest BCUT2D eigenvalue weighted by molar-refractivity contribution is -0.274. The Bertz CT molecular complexity index is 459. The third-order valence-corrected chi connectivity index (χ3v) is 2.18. The summed E-state index contributed by atoms with van der Waals surface area (Å²) in [5.41, 5.74) is -0.163. The molecule has 0 saturated heterocycles. The van der Waals surface area contributed by atoms with Gasteiger partial charge in [-0.05, 0) is 44.5 Å². The van der Waals surface area contributed by atoms with Gasteiger partial charge in [-0.1, -0.05) is 11.8 Å². The molecule has 104 valence electrons. The highest BCUT2D eigenvalue weighted by atomic mass is 19.4. The number of ether oxygens (including phenoxy) is 1. The molecule has 1 aromatic rings. The quantitative estimate of drug-likeness (QED) is 0.853. The second-order valence-electron chi connectivity index (χ2n) is 4.69. The maximum absolute atomic E-state index is 11.9. The van der Waals surface area contributed by atoms with Crippen LogP contribution in [0.5, 0.6) is 5.75 Å². The van der Waals surface area contributed by atoms with E-state index in [9.17, 15) is 18.3 Å². The van der Waals surface area contributed by atoms with Crippen LogP contribution in [0.25, 0.3) is 0 Å². The average Bonchev–Trinajstić information content (AvgIpc) is 2.23. The fourth-order valence-electron chi connectivity index (χ4n) is 1.27. The van der Waals surface area contributed by atoms with Gasteiger partial charge in [0.15, 0.2) is 0 Å². The van der Waals surface area contributed by atoms with Crippen LogP contribution in [0.1, 0.15) is 32.3 Å². The number of hydrogen-bond acceptors (Lipinski definition) is 2. The lowest BCUT2D eigenvalue weighted by atomic mass is 10.0. The van der Waals surface area contributed by atoms with Crippen LogP contribution in [0, 0.1) is 11.8 Å². The molecule has 0 spiro atoms. The average molecular weight is 272 g/mol. The molecule has 0 atom stereocenters. The van der Waals surface area contributed by atoms with Gasteiger partial charge in [-0.2, -0.15) is 0 Å². The van der Waals surface area contributed by atoms with E-state index in [1.54, 1.807) is 13.8 Å². The minimum atomic E-state index is -4.68. The van der Waals surface area contributed by atoms with Crippen LogP contribution in [0.15, 0.2) is 24.3 Å². The maximum atomic E-state index is 11.9. The van der Waals surface area contributed by atoms with Gasteiger partial charge < -0.3 is 9.84 Å². The molecule has 0 aliphatic heterocycles. The number of alkyl halides is 3. The van der Waals surface area contributed by atoms with Crippen molar-refractivity contribution in [3.05, 3.63) is 29.8 Å². The van der Waals surface area contributed by atoms with E-state index in [4.69, 9.17) is 0 Å². The lowest BCUT2D eigenvalue weighted by Gasteiger charge is -2.13. The van der Waals surface area contributed by atoms with Crippen molar-refractivity contribution in [1.29, 1.82) is 0 Å². The SMILES string of the molecule is CC(C)(O)CCC#Cc1ccc(OC(F)(F)F)cc1. The van der Waals surface area contributed by atoms with Crippen molar-refractivity contribution in [1.82, 2.24) is 0 Å². The highest BCUT2D eigenvalue weighted by Gasteiger charge is 2.30. The normalized spacial score (nSPS) is 11.7. The molecule has 0 aromatic heterocycles. The third kappa shape index (κ3) is 7.37. The minimum Gasteiger partial charge on any atom is -0.406 e. The number of hydrogen-bond donors (Lipinski definition) is 1. The second-order valence-corrected chi connectivity index (χ2v) is 4.69. The fraction of sp³-hybridized carbons (Fsp3) is 0.429. The molecule has 1 aromatic carbocycles. The molecule has 0 amide bonds. The zero-order valence-electron chi connectivity index (χ0n) is 10.7. The van der Waals surface area contributed by atoms with Crippen LogP contribution >= 0.6 is 0 Å². The van der Waals surface area contributed by atoms with E-state index in [0.29, 0.717) is 18.4 Å². The Balaban J connectivity index is 2.56. The molecule has 2 nitrogen and oxygen atoms in total. The summed E-state index contributed by atoms with van der Waals surface area (Å²) in [5.74, 6) is 5.39. The van der Waals surface area contributed by atoms with Gasteiger partial charge in [0.1, 0.15) is 5.75 Å². The predicted molar refractivity (Wildman–Crippen MR) is 65.5 cm³/mol. The van der Waals surface area contributed by atoms with Gasteiger partial charge in [-0.15, -0.1) is 13.2 Å². The largest absolute Gasteiger partial charge is 0.573 e. The van der Waals surface area contributed by atoms with E-state index >= 15 is 0 Å². The standard InChI is InChI=1S/C14H15F3O2/c1-13(2,18)10-4-3-5-11-6-8-12(9-7-11)19-14(15,16)17/h6-9,18H,4,10H2,1-2H3. The van der Waals surface area contributed by atoms with Gasteiger partial charge in [0.25, 0.3) is 0 Å². The molecule has 0 fully saturated rings. The number of benzene rings is 1. The zero-order chi connectivity index (χ0) is 14.5. The smallest absolute Gasteiger partial charge is 0.406 e. The first-order valence-electron chi connectivity index (χ1n) is 5.73.